The van der Waals surface area contributed by atoms with Crippen molar-refractivity contribution < 1.29 is 29.1 Å². The maximum atomic E-state index is 13.7. The largest absolute Gasteiger partial charge is 0.443 e. The van der Waals surface area contributed by atoms with Crippen LogP contribution in [0.1, 0.15) is 74.1 Å². The van der Waals surface area contributed by atoms with E-state index in [1.165, 1.54) is 6.20 Å². The number of imide groups is 1. The first-order chi connectivity index (χ1) is 16.7. The third-order valence-corrected chi connectivity index (χ3v) is 5.60. The molecule has 0 aliphatic carbocycles. The van der Waals surface area contributed by atoms with Gasteiger partial charge in [-0.2, -0.15) is 9.63 Å². The Kier molecular flexibility index (Phi) is 9.95. The number of piperidine rings is 1. The summed E-state index contributed by atoms with van der Waals surface area (Å²) >= 11 is 0. The molecule has 1 N–H and O–H groups in total. The molecule has 0 radical (unpaired) electrons. The predicted molar refractivity (Wildman–Crippen MR) is 134 cm³/mol. The van der Waals surface area contributed by atoms with E-state index in [9.17, 15) is 19.6 Å². The molecule has 2 heterocycles. The second-order valence-corrected chi connectivity index (χ2v) is 11.3. The highest BCUT2D eigenvalue weighted by molar-refractivity contribution is 5.95. The van der Waals surface area contributed by atoms with Crippen LogP contribution >= 0.6 is 0 Å². The van der Waals surface area contributed by atoms with Gasteiger partial charge in [-0.15, -0.1) is 0 Å². The van der Waals surface area contributed by atoms with Crippen LogP contribution < -0.4 is 5.49 Å². The Morgan fingerprint density at radius 3 is 2.11 bits per heavy atom. The molecule has 36 heavy (non-hydrogen) atoms. The molecule has 1 aliphatic heterocycles. The molecule has 1 aromatic heterocycles. The average molecular weight is 507 g/mol. The molecule has 0 spiro atoms. The van der Waals surface area contributed by atoms with Crippen molar-refractivity contribution in [1.29, 1.82) is 0 Å². The Morgan fingerprint density at radius 1 is 1.06 bits per heavy atom. The Balaban J connectivity index is 2.35. The lowest BCUT2D eigenvalue weighted by atomic mass is 9.98. The van der Waals surface area contributed by atoms with Crippen molar-refractivity contribution in [1.82, 2.24) is 14.5 Å². The molecule has 1 unspecified atom stereocenters. The van der Waals surface area contributed by atoms with E-state index in [1.54, 1.807) is 64.6 Å². The summed E-state index contributed by atoms with van der Waals surface area (Å²) < 4.78 is 11.9. The molecule has 3 amide bonds. The zero-order valence-corrected chi connectivity index (χ0v) is 22.7. The van der Waals surface area contributed by atoms with Gasteiger partial charge in [-0.25, -0.2) is 9.59 Å². The smallest absolute Gasteiger partial charge is 0.420 e. The lowest BCUT2D eigenvalue weighted by molar-refractivity contribution is -0.138. The van der Waals surface area contributed by atoms with E-state index in [0.29, 0.717) is 30.9 Å². The van der Waals surface area contributed by atoms with Gasteiger partial charge in [0, 0.05) is 25.8 Å². The summed E-state index contributed by atoms with van der Waals surface area (Å²) in [6.45, 7) is 13.7. The fourth-order valence-corrected chi connectivity index (χ4v) is 3.78. The monoisotopic (exact) mass is 506 g/mol. The van der Waals surface area contributed by atoms with E-state index < -0.39 is 29.4 Å². The zero-order chi connectivity index (χ0) is 27.1. The normalized spacial score (nSPS) is 16.4. The number of carbonyl (C=O) groups is 3. The summed E-state index contributed by atoms with van der Waals surface area (Å²) in [7, 11) is 0. The molecule has 0 saturated carbocycles. The van der Waals surface area contributed by atoms with Gasteiger partial charge in [-0.3, -0.25) is 9.79 Å². The van der Waals surface area contributed by atoms with Crippen LogP contribution in [0.2, 0.25) is 0 Å². The maximum absolute atomic E-state index is 13.7. The van der Waals surface area contributed by atoms with E-state index >= 15 is 0 Å². The van der Waals surface area contributed by atoms with Crippen LogP contribution in [0.3, 0.4) is 0 Å². The number of likely N-dealkylation sites (tertiary alicyclic amines) is 1. The molecule has 2 rings (SSSR count). The van der Waals surface area contributed by atoms with Gasteiger partial charge in [0.1, 0.15) is 17.2 Å². The lowest BCUT2D eigenvalue weighted by Gasteiger charge is -2.37. The highest BCUT2D eigenvalue weighted by Crippen LogP contribution is 2.23. The van der Waals surface area contributed by atoms with Crippen LogP contribution in [0.4, 0.5) is 9.59 Å². The number of ether oxygens (including phenoxy) is 2. The maximum Gasteiger partial charge on any atom is 0.420 e. The van der Waals surface area contributed by atoms with Crippen molar-refractivity contribution in [2.24, 2.45) is 10.9 Å². The van der Waals surface area contributed by atoms with Gasteiger partial charge in [-0.1, -0.05) is 13.0 Å². The molecule has 1 atom stereocenters. The van der Waals surface area contributed by atoms with Crippen molar-refractivity contribution >= 4 is 18.1 Å². The minimum absolute atomic E-state index is 0.172. The Morgan fingerprint density at radius 2 is 1.61 bits per heavy atom. The van der Waals surface area contributed by atoms with Crippen LogP contribution in [0, 0.1) is 5.92 Å². The number of rotatable bonds is 6. The van der Waals surface area contributed by atoms with Crippen molar-refractivity contribution in [3.05, 3.63) is 29.9 Å². The van der Waals surface area contributed by atoms with Gasteiger partial charge in [-0.05, 0) is 85.3 Å². The molecule has 202 valence electrons. The molecular formula is C26H42N4O6. The second kappa shape index (κ2) is 12.3. The van der Waals surface area contributed by atoms with Crippen molar-refractivity contribution in [2.75, 3.05) is 19.6 Å². The van der Waals surface area contributed by atoms with Crippen LogP contribution in [0.25, 0.3) is 0 Å². The number of hydrogen-bond donors (Lipinski definition) is 1. The van der Waals surface area contributed by atoms with Crippen molar-refractivity contribution in [3.63, 3.8) is 0 Å². The standard InChI is InChI=1S/C26H42N4O6/c1-19-13-17-28(18-14-19)22(31)20(11-10-15-27-21-12-8-9-16-29(21)34)30(23(32)35-25(2,3)4)24(33)36-26(5,6)7/h8-9,12,16,19-20,34H,10-11,13-15,17-18H2,1-7H3. The SMILES string of the molecule is CC1CCN(C(=O)C(CCCN=c2ccccn2O)N(C(=O)OC(C)(C)C)C(=O)OC(C)(C)C)CC1. The first-order valence-electron chi connectivity index (χ1n) is 12.6. The number of pyridine rings is 1. The van der Waals surface area contributed by atoms with E-state index in [0.717, 1.165) is 22.5 Å². The van der Waals surface area contributed by atoms with Crippen molar-refractivity contribution in [2.45, 2.75) is 91.4 Å². The Labute approximate surface area is 213 Å². The average Bonchev–Trinajstić information content (AvgIpc) is 2.74. The second-order valence-electron chi connectivity index (χ2n) is 11.3. The van der Waals surface area contributed by atoms with E-state index in [1.807, 2.05) is 0 Å². The van der Waals surface area contributed by atoms with E-state index in [-0.39, 0.29) is 18.9 Å². The molecule has 1 fully saturated rings. The van der Waals surface area contributed by atoms with Crippen LogP contribution in [0.5, 0.6) is 0 Å². The topological polar surface area (TPSA) is 114 Å². The summed E-state index contributed by atoms with van der Waals surface area (Å²) in [5, 5.41) is 9.88. The van der Waals surface area contributed by atoms with Gasteiger partial charge in [0.05, 0.1) is 0 Å². The van der Waals surface area contributed by atoms with E-state index in [4.69, 9.17) is 9.47 Å². The van der Waals surface area contributed by atoms with Gasteiger partial charge in [0.2, 0.25) is 5.91 Å². The minimum atomic E-state index is -1.10. The minimum Gasteiger partial charge on any atom is -0.443 e. The number of nitrogens with zero attached hydrogens (tertiary/aromatic N) is 4. The first kappa shape index (κ1) is 29.2. The molecule has 0 bridgehead atoms. The third-order valence-electron chi connectivity index (χ3n) is 5.60. The molecule has 1 aliphatic rings. The number of aromatic nitrogens is 1. The molecule has 1 aromatic rings. The van der Waals surface area contributed by atoms with Gasteiger partial charge < -0.3 is 19.6 Å². The van der Waals surface area contributed by atoms with Gasteiger partial charge in [0.25, 0.3) is 0 Å². The number of hydrogen-bond acceptors (Lipinski definition) is 7. The number of carbonyl (C=O) groups excluding carboxylic acids is 3. The summed E-state index contributed by atoms with van der Waals surface area (Å²) in [4.78, 5) is 47.1. The van der Waals surface area contributed by atoms with Crippen LogP contribution in [0.15, 0.2) is 29.4 Å². The van der Waals surface area contributed by atoms with E-state index in [2.05, 4.69) is 11.9 Å². The highest BCUT2D eigenvalue weighted by Gasteiger charge is 2.41. The summed E-state index contributed by atoms with van der Waals surface area (Å²) in [6, 6.07) is 3.98. The first-order valence-corrected chi connectivity index (χ1v) is 12.6. The number of amides is 3. The zero-order valence-electron chi connectivity index (χ0n) is 22.7. The Bertz CT molecular complexity index is 940. The molecule has 1 saturated heterocycles. The fourth-order valence-electron chi connectivity index (χ4n) is 3.78. The summed E-state index contributed by atoms with van der Waals surface area (Å²) in [6.07, 6.45) is 1.90. The Hall–Kier alpha value is -3.04. The molecule has 10 heteroatoms. The highest BCUT2D eigenvalue weighted by atomic mass is 16.6. The molecular weight excluding hydrogens is 464 g/mol. The van der Waals surface area contributed by atoms with Gasteiger partial charge in [0.15, 0.2) is 5.49 Å². The van der Waals surface area contributed by atoms with Gasteiger partial charge >= 0.3 is 12.2 Å². The van der Waals surface area contributed by atoms with Crippen molar-refractivity contribution in [3.8, 4) is 0 Å². The fraction of sp³-hybridized carbons (Fsp3) is 0.692. The van der Waals surface area contributed by atoms with Crippen LogP contribution in [-0.4, -0.2) is 74.7 Å². The quantitative estimate of drug-likeness (QED) is 0.457. The molecule has 0 aromatic carbocycles. The molecule has 10 nitrogen and oxygen atoms in total. The summed E-state index contributed by atoms with van der Waals surface area (Å²) in [5.74, 6) is 0.200. The summed E-state index contributed by atoms with van der Waals surface area (Å²) in [5.41, 5.74) is -1.38. The third kappa shape index (κ3) is 9.20. The van der Waals surface area contributed by atoms with Crippen LogP contribution in [-0.2, 0) is 14.3 Å². The predicted octanol–water partition coefficient (Wildman–Crippen LogP) is 4.21. The lowest BCUT2D eigenvalue weighted by Crippen LogP contribution is -2.56.